The summed E-state index contributed by atoms with van der Waals surface area (Å²) < 4.78 is 10.0. The Morgan fingerprint density at radius 3 is 2.40 bits per heavy atom. The lowest BCUT2D eigenvalue weighted by molar-refractivity contribution is -0.136. The minimum absolute atomic E-state index is 0.124. The molecule has 0 aliphatic carbocycles. The van der Waals surface area contributed by atoms with Crippen molar-refractivity contribution < 1.29 is 24.2 Å². The topological polar surface area (TPSA) is 109 Å². The maximum absolute atomic E-state index is 11.9. The van der Waals surface area contributed by atoms with Crippen molar-refractivity contribution in [2.24, 2.45) is 5.10 Å². The first-order valence-corrected chi connectivity index (χ1v) is 7.20. The standard InChI is InChI=1S/C17H17N3O5/c1-24-13-8-4-3-7-12(13)19-16(22)17(23)20-18-10-11-6-5-9-14(25-2)15(11)21/h3-10,21H,1-2H3,(H,19,22)(H,20,23). The second kappa shape index (κ2) is 8.34. The molecule has 0 heterocycles. The van der Waals surface area contributed by atoms with Gasteiger partial charge in [0.15, 0.2) is 11.5 Å². The van der Waals surface area contributed by atoms with Crippen molar-refractivity contribution in [3.63, 3.8) is 0 Å². The second-order valence-corrected chi connectivity index (χ2v) is 4.75. The van der Waals surface area contributed by atoms with E-state index in [0.29, 0.717) is 17.0 Å². The van der Waals surface area contributed by atoms with Crippen LogP contribution in [-0.2, 0) is 9.59 Å². The molecule has 2 aromatic rings. The van der Waals surface area contributed by atoms with Crippen LogP contribution in [0.3, 0.4) is 0 Å². The van der Waals surface area contributed by atoms with E-state index in [1.807, 2.05) is 0 Å². The van der Waals surface area contributed by atoms with Crippen LogP contribution in [0.2, 0.25) is 0 Å². The number of hydrogen-bond donors (Lipinski definition) is 3. The molecule has 8 heteroatoms. The average Bonchev–Trinajstić information content (AvgIpc) is 2.63. The minimum Gasteiger partial charge on any atom is -0.504 e. The minimum atomic E-state index is -0.968. The predicted octanol–water partition coefficient (Wildman–Crippen LogP) is 1.50. The van der Waals surface area contributed by atoms with E-state index < -0.39 is 11.8 Å². The first-order chi connectivity index (χ1) is 12.1. The summed E-state index contributed by atoms with van der Waals surface area (Å²) in [4.78, 5) is 23.6. The van der Waals surface area contributed by atoms with Crippen LogP contribution in [0.5, 0.6) is 17.2 Å². The maximum atomic E-state index is 11.9. The molecule has 0 saturated carbocycles. The number of nitrogens with one attached hydrogen (secondary N) is 2. The molecule has 25 heavy (non-hydrogen) atoms. The molecule has 2 aromatic carbocycles. The van der Waals surface area contributed by atoms with E-state index in [4.69, 9.17) is 9.47 Å². The van der Waals surface area contributed by atoms with Gasteiger partial charge in [-0.25, -0.2) is 5.43 Å². The number of phenolic OH excluding ortho intramolecular Hbond substituents is 1. The predicted molar refractivity (Wildman–Crippen MR) is 92.0 cm³/mol. The summed E-state index contributed by atoms with van der Waals surface area (Å²) in [5.74, 6) is -1.31. The molecule has 0 aliphatic heterocycles. The van der Waals surface area contributed by atoms with Crippen molar-refractivity contribution in [3.8, 4) is 17.2 Å². The van der Waals surface area contributed by atoms with E-state index in [9.17, 15) is 14.7 Å². The van der Waals surface area contributed by atoms with E-state index in [-0.39, 0.29) is 11.5 Å². The fraction of sp³-hybridized carbons (Fsp3) is 0.118. The fourth-order valence-electron chi connectivity index (χ4n) is 1.95. The van der Waals surface area contributed by atoms with E-state index in [1.165, 1.54) is 20.4 Å². The lowest BCUT2D eigenvalue weighted by Gasteiger charge is -2.08. The zero-order chi connectivity index (χ0) is 18.2. The number of ether oxygens (including phenoxy) is 2. The number of anilines is 1. The molecule has 2 amide bonds. The van der Waals surface area contributed by atoms with Crippen LogP contribution in [0.4, 0.5) is 5.69 Å². The van der Waals surface area contributed by atoms with Crippen molar-refractivity contribution in [1.82, 2.24) is 5.43 Å². The molecule has 0 bridgehead atoms. The van der Waals surface area contributed by atoms with Gasteiger partial charge in [0.05, 0.1) is 26.1 Å². The number of rotatable bonds is 5. The SMILES string of the molecule is COc1ccccc1NC(=O)C(=O)NN=Cc1cccc(OC)c1O. The number of nitrogens with zero attached hydrogens (tertiary/aromatic N) is 1. The van der Waals surface area contributed by atoms with Gasteiger partial charge in [0.25, 0.3) is 0 Å². The van der Waals surface area contributed by atoms with Crippen molar-refractivity contribution in [2.45, 2.75) is 0 Å². The Kier molecular flexibility index (Phi) is 5.94. The van der Waals surface area contributed by atoms with E-state index in [0.717, 1.165) is 0 Å². The summed E-state index contributed by atoms with van der Waals surface area (Å²) in [6, 6.07) is 11.5. The van der Waals surface area contributed by atoms with Gasteiger partial charge in [0, 0.05) is 5.56 Å². The number of amides is 2. The van der Waals surface area contributed by atoms with Crippen LogP contribution < -0.4 is 20.2 Å². The zero-order valence-corrected chi connectivity index (χ0v) is 13.6. The zero-order valence-electron chi connectivity index (χ0n) is 13.6. The van der Waals surface area contributed by atoms with Gasteiger partial charge >= 0.3 is 11.8 Å². The monoisotopic (exact) mass is 343 g/mol. The molecule has 3 N–H and O–H groups in total. The smallest absolute Gasteiger partial charge is 0.329 e. The molecule has 0 unspecified atom stereocenters. The van der Waals surface area contributed by atoms with E-state index in [2.05, 4.69) is 15.8 Å². The van der Waals surface area contributed by atoms with Crippen LogP contribution in [0.15, 0.2) is 47.6 Å². The highest BCUT2D eigenvalue weighted by Gasteiger charge is 2.15. The van der Waals surface area contributed by atoms with Crippen LogP contribution in [0, 0.1) is 0 Å². The third-order valence-corrected chi connectivity index (χ3v) is 3.18. The van der Waals surface area contributed by atoms with Crippen LogP contribution in [0.1, 0.15) is 5.56 Å². The molecule has 8 nitrogen and oxygen atoms in total. The highest BCUT2D eigenvalue weighted by atomic mass is 16.5. The van der Waals surface area contributed by atoms with Gasteiger partial charge in [-0.15, -0.1) is 0 Å². The molecule has 0 spiro atoms. The number of hydrogen-bond acceptors (Lipinski definition) is 6. The molecule has 0 aliphatic rings. The number of carbonyl (C=O) groups excluding carboxylic acids is 2. The van der Waals surface area contributed by atoms with Gasteiger partial charge in [0.2, 0.25) is 0 Å². The van der Waals surface area contributed by atoms with Crippen molar-refractivity contribution >= 4 is 23.7 Å². The Morgan fingerprint density at radius 2 is 1.68 bits per heavy atom. The summed E-state index contributed by atoms with van der Waals surface area (Å²) in [5, 5.41) is 16.0. The van der Waals surface area contributed by atoms with Gasteiger partial charge in [0.1, 0.15) is 5.75 Å². The van der Waals surface area contributed by atoms with Crippen LogP contribution >= 0.6 is 0 Å². The summed E-state index contributed by atoms with van der Waals surface area (Å²) in [5.41, 5.74) is 2.76. The van der Waals surface area contributed by atoms with Gasteiger partial charge in [-0.3, -0.25) is 9.59 Å². The molecular formula is C17H17N3O5. The Morgan fingerprint density at radius 1 is 1.00 bits per heavy atom. The van der Waals surface area contributed by atoms with Crippen molar-refractivity contribution in [2.75, 3.05) is 19.5 Å². The van der Waals surface area contributed by atoms with Gasteiger partial charge in [-0.1, -0.05) is 18.2 Å². The van der Waals surface area contributed by atoms with Crippen LogP contribution in [-0.4, -0.2) is 37.4 Å². The highest BCUT2D eigenvalue weighted by molar-refractivity contribution is 6.39. The van der Waals surface area contributed by atoms with E-state index in [1.54, 1.807) is 42.5 Å². The molecule has 0 radical (unpaired) electrons. The van der Waals surface area contributed by atoms with Crippen molar-refractivity contribution in [1.29, 1.82) is 0 Å². The lowest BCUT2D eigenvalue weighted by atomic mass is 10.2. The molecule has 2 rings (SSSR count). The summed E-state index contributed by atoms with van der Waals surface area (Å²) in [6.07, 6.45) is 1.20. The second-order valence-electron chi connectivity index (χ2n) is 4.75. The molecule has 0 fully saturated rings. The van der Waals surface area contributed by atoms with Gasteiger partial charge < -0.3 is 19.9 Å². The summed E-state index contributed by atoms with van der Waals surface area (Å²) >= 11 is 0. The normalized spacial score (nSPS) is 10.3. The number of methoxy groups -OCH3 is 2. The first kappa shape index (κ1) is 17.8. The Hall–Kier alpha value is -3.55. The van der Waals surface area contributed by atoms with Crippen molar-refractivity contribution in [3.05, 3.63) is 48.0 Å². The number of benzene rings is 2. The number of phenols is 1. The number of para-hydroxylation sites is 3. The molecule has 130 valence electrons. The van der Waals surface area contributed by atoms with Gasteiger partial charge in [-0.2, -0.15) is 5.10 Å². The molecule has 0 aromatic heterocycles. The molecular weight excluding hydrogens is 326 g/mol. The number of hydrazone groups is 1. The lowest BCUT2D eigenvalue weighted by Crippen LogP contribution is -2.32. The summed E-state index contributed by atoms with van der Waals surface area (Å²) in [7, 11) is 2.87. The quantitative estimate of drug-likeness (QED) is 0.433. The maximum Gasteiger partial charge on any atom is 0.329 e. The third-order valence-electron chi connectivity index (χ3n) is 3.18. The fourth-order valence-corrected chi connectivity index (χ4v) is 1.95. The Bertz CT molecular complexity index is 805. The first-order valence-electron chi connectivity index (χ1n) is 7.20. The third kappa shape index (κ3) is 4.47. The Balaban J connectivity index is 1.99. The number of aromatic hydroxyl groups is 1. The molecule has 0 atom stereocenters. The summed E-state index contributed by atoms with van der Waals surface area (Å²) in [6.45, 7) is 0. The Labute approximate surface area is 144 Å². The van der Waals surface area contributed by atoms with Crippen LogP contribution in [0.25, 0.3) is 0 Å². The van der Waals surface area contributed by atoms with E-state index >= 15 is 0 Å². The van der Waals surface area contributed by atoms with Gasteiger partial charge in [-0.05, 0) is 24.3 Å². The largest absolute Gasteiger partial charge is 0.504 e. The average molecular weight is 343 g/mol. The molecule has 0 saturated heterocycles. The number of carbonyl (C=O) groups is 2. The highest BCUT2D eigenvalue weighted by Crippen LogP contribution is 2.27.